The summed E-state index contributed by atoms with van der Waals surface area (Å²) in [5, 5.41) is 4.47. The van der Waals surface area contributed by atoms with Gasteiger partial charge >= 0.3 is 5.69 Å². The molecule has 2 N–H and O–H groups in total. The van der Waals surface area contributed by atoms with Crippen LogP contribution < -0.4 is 11.4 Å². The van der Waals surface area contributed by atoms with Gasteiger partial charge in [-0.1, -0.05) is 25.2 Å². The van der Waals surface area contributed by atoms with E-state index in [0.29, 0.717) is 35.7 Å². The number of nitrogens with two attached hydrogens (primary N) is 1. The SMILES string of the molecule is C/C=C\C=C(/C)c1nc2c3c(nc(N)n2n1)n(CCC)c(=O)n3CC. The second-order valence-corrected chi connectivity index (χ2v) is 5.87. The summed E-state index contributed by atoms with van der Waals surface area (Å²) in [6, 6.07) is 0. The first-order chi connectivity index (χ1) is 12.0. The topological polar surface area (TPSA) is 96.0 Å². The van der Waals surface area contributed by atoms with Crippen LogP contribution in [0.3, 0.4) is 0 Å². The minimum Gasteiger partial charge on any atom is -0.368 e. The van der Waals surface area contributed by atoms with E-state index < -0.39 is 0 Å². The van der Waals surface area contributed by atoms with Gasteiger partial charge in [0.15, 0.2) is 17.1 Å². The van der Waals surface area contributed by atoms with Crippen LogP contribution in [0, 0.1) is 0 Å². The zero-order chi connectivity index (χ0) is 18.1. The summed E-state index contributed by atoms with van der Waals surface area (Å²) in [7, 11) is 0. The van der Waals surface area contributed by atoms with Crippen LogP contribution in [-0.4, -0.2) is 28.7 Å². The highest BCUT2D eigenvalue weighted by Crippen LogP contribution is 2.21. The van der Waals surface area contributed by atoms with Crippen molar-refractivity contribution in [3.8, 4) is 0 Å². The lowest BCUT2D eigenvalue weighted by Crippen LogP contribution is -2.23. The number of nitrogen functional groups attached to an aromatic ring is 1. The Balaban J connectivity index is 2.39. The summed E-state index contributed by atoms with van der Waals surface area (Å²) in [6.45, 7) is 8.95. The molecule has 0 atom stereocenters. The Morgan fingerprint density at radius 3 is 2.60 bits per heavy atom. The summed E-state index contributed by atoms with van der Waals surface area (Å²) < 4.78 is 4.84. The van der Waals surface area contributed by atoms with Gasteiger partial charge in [0.2, 0.25) is 5.95 Å². The lowest BCUT2D eigenvalue weighted by Gasteiger charge is -2.02. The third kappa shape index (κ3) is 2.63. The van der Waals surface area contributed by atoms with Crippen molar-refractivity contribution in [1.29, 1.82) is 0 Å². The molecule has 0 bridgehead atoms. The monoisotopic (exact) mass is 341 g/mol. The Morgan fingerprint density at radius 1 is 1.20 bits per heavy atom. The van der Waals surface area contributed by atoms with E-state index in [9.17, 15) is 4.79 Å². The second kappa shape index (κ2) is 6.54. The highest BCUT2D eigenvalue weighted by Gasteiger charge is 2.21. The molecule has 0 amide bonds. The van der Waals surface area contributed by atoms with Gasteiger partial charge in [-0.2, -0.15) is 9.50 Å². The summed E-state index contributed by atoms with van der Waals surface area (Å²) in [4.78, 5) is 21.8. The second-order valence-electron chi connectivity index (χ2n) is 5.87. The minimum absolute atomic E-state index is 0.0925. The van der Waals surface area contributed by atoms with Gasteiger partial charge in [-0.15, -0.1) is 5.10 Å². The molecule has 8 nitrogen and oxygen atoms in total. The molecule has 0 fully saturated rings. The zero-order valence-electron chi connectivity index (χ0n) is 15.0. The molecule has 3 rings (SSSR count). The third-order valence-electron chi connectivity index (χ3n) is 4.11. The molecule has 0 saturated carbocycles. The van der Waals surface area contributed by atoms with Crippen molar-refractivity contribution in [3.63, 3.8) is 0 Å². The smallest absolute Gasteiger partial charge is 0.330 e. The molecule has 0 saturated heterocycles. The molecule has 132 valence electrons. The molecule has 0 aliphatic rings. The lowest BCUT2D eigenvalue weighted by molar-refractivity contribution is 0.628. The number of aryl methyl sites for hydroxylation is 2. The van der Waals surface area contributed by atoms with Crippen molar-refractivity contribution in [1.82, 2.24) is 28.7 Å². The molecule has 3 aromatic rings. The summed E-state index contributed by atoms with van der Waals surface area (Å²) in [5.41, 5.74) is 8.70. The van der Waals surface area contributed by atoms with E-state index in [1.54, 1.807) is 9.13 Å². The van der Waals surface area contributed by atoms with E-state index in [4.69, 9.17) is 5.73 Å². The number of anilines is 1. The number of nitrogens with zero attached hydrogens (tertiary/aromatic N) is 6. The maximum absolute atomic E-state index is 12.7. The number of hydrogen-bond acceptors (Lipinski definition) is 5. The molecular weight excluding hydrogens is 318 g/mol. The van der Waals surface area contributed by atoms with Crippen molar-refractivity contribution in [2.45, 2.75) is 47.2 Å². The number of rotatable bonds is 5. The first kappa shape index (κ1) is 16.9. The Bertz CT molecular complexity index is 1050. The van der Waals surface area contributed by atoms with Crippen LogP contribution in [0.1, 0.15) is 39.9 Å². The molecule has 0 radical (unpaired) electrons. The standard InChI is InChI=1S/C17H23N7O/c1-5-8-9-11(4)13-19-15-12-14(20-16(18)24(15)21-13)23(10-6-2)17(25)22(12)7-3/h5,8-9H,6-7,10H2,1-4H3,(H2,18,20)/b8-5-,11-9+. The van der Waals surface area contributed by atoms with Gasteiger partial charge in [0.05, 0.1) is 0 Å². The zero-order valence-corrected chi connectivity index (χ0v) is 15.0. The highest BCUT2D eigenvalue weighted by atomic mass is 16.1. The largest absolute Gasteiger partial charge is 0.368 e. The number of fused-ring (bicyclic) bond motifs is 3. The first-order valence-electron chi connectivity index (χ1n) is 8.48. The Labute approximate surface area is 145 Å². The maximum atomic E-state index is 12.7. The first-order valence-corrected chi connectivity index (χ1v) is 8.48. The Hall–Kier alpha value is -2.90. The Kier molecular flexibility index (Phi) is 4.43. The third-order valence-corrected chi connectivity index (χ3v) is 4.11. The van der Waals surface area contributed by atoms with Gasteiger partial charge in [-0.25, -0.2) is 9.78 Å². The molecule has 0 aliphatic heterocycles. The van der Waals surface area contributed by atoms with Gasteiger partial charge in [0.25, 0.3) is 0 Å². The molecule has 25 heavy (non-hydrogen) atoms. The normalized spacial score (nSPS) is 12.9. The number of hydrogen-bond donors (Lipinski definition) is 1. The quantitative estimate of drug-likeness (QED) is 0.718. The van der Waals surface area contributed by atoms with E-state index in [-0.39, 0.29) is 11.6 Å². The van der Waals surface area contributed by atoms with Crippen LogP contribution >= 0.6 is 0 Å². The molecule has 0 aliphatic carbocycles. The van der Waals surface area contributed by atoms with E-state index in [1.165, 1.54) is 4.52 Å². The molecule has 8 heteroatoms. The molecule has 0 aromatic carbocycles. The fourth-order valence-corrected chi connectivity index (χ4v) is 2.90. The highest BCUT2D eigenvalue weighted by molar-refractivity contribution is 5.88. The average molecular weight is 341 g/mol. The molecular formula is C17H23N7O. The fourth-order valence-electron chi connectivity index (χ4n) is 2.90. The van der Waals surface area contributed by atoms with Crippen LogP contribution in [0.2, 0.25) is 0 Å². The maximum Gasteiger partial charge on any atom is 0.330 e. The predicted octanol–water partition coefficient (Wildman–Crippen LogP) is 2.23. The summed E-state index contributed by atoms with van der Waals surface area (Å²) in [6.07, 6.45) is 6.63. The van der Waals surface area contributed by atoms with Crippen molar-refractivity contribution in [2.24, 2.45) is 0 Å². The van der Waals surface area contributed by atoms with E-state index in [1.807, 2.05) is 45.9 Å². The van der Waals surface area contributed by atoms with Gasteiger partial charge < -0.3 is 5.73 Å². The molecule has 3 aromatic heterocycles. The fraction of sp³-hybridized carbons (Fsp3) is 0.412. The van der Waals surface area contributed by atoms with Crippen LogP contribution in [-0.2, 0) is 13.1 Å². The van der Waals surface area contributed by atoms with Crippen LogP contribution in [0.25, 0.3) is 22.4 Å². The van der Waals surface area contributed by atoms with Gasteiger partial charge in [0.1, 0.15) is 5.52 Å². The van der Waals surface area contributed by atoms with Crippen LogP contribution in [0.4, 0.5) is 5.95 Å². The van der Waals surface area contributed by atoms with Crippen LogP contribution in [0.5, 0.6) is 0 Å². The lowest BCUT2D eigenvalue weighted by atomic mass is 10.2. The Morgan fingerprint density at radius 2 is 1.96 bits per heavy atom. The molecule has 0 spiro atoms. The van der Waals surface area contributed by atoms with Crippen molar-refractivity contribution in [2.75, 3.05) is 5.73 Å². The van der Waals surface area contributed by atoms with Crippen molar-refractivity contribution < 1.29 is 0 Å². The summed E-state index contributed by atoms with van der Waals surface area (Å²) >= 11 is 0. The number of allylic oxidation sites excluding steroid dienone is 4. The number of imidazole rings is 1. The summed E-state index contributed by atoms with van der Waals surface area (Å²) in [5.74, 6) is 0.788. The van der Waals surface area contributed by atoms with Gasteiger partial charge in [-0.3, -0.25) is 9.13 Å². The van der Waals surface area contributed by atoms with Crippen molar-refractivity contribution >= 4 is 28.3 Å². The van der Waals surface area contributed by atoms with Crippen LogP contribution in [0.15, 0.2) is 23.0 Å². The van der Waals surface area contributed by atoms with Crippen molar-refractivity contribution in [3.05, 3.63) is 34.5 Å². The van der Waals surface area contributed by atoms with E-state index in [0.717, 1.165) is 12.0 Å². The average Bonchev–Trinajstić information content (AvgIpc) is 3.15. The predicted molar refractivity (Wildman–Crippen MR) is 99.4 cm³/mol. The molecule has 0 unspecified atom stereocenters. The number of aromatic nitrogens is 6. The molecule has 3 heterocycles. The van der Waals surface area contributed by atoms with E-state index in [2.05, 4.69) is 15.1 Å². The minimum atomic E-state index is -0.0925. The van der Waals surface area contributed by atoms with E-state index >= 15 is 0 Å². The van der Waals surface area contributed by atoms with Gasteiger partial charge in [0, 0.05) is 13.1 Å². The van der Waals surface area contributed by atoms with Gasteiger partial charge in [-0.05, 0) is 32.8 Å².